The van der Waals surface area contributed by atoms with Crippen LogP contribution < -0.4 is 0 Å². The van der Waals surface area contributed by atoms with E-state index in [4.69, 9.17) is 10.2 Å². The van der Waals surface area contributed by atoms with E-state index >= 15 is 0 Å². The van der Waals surface area contributed by atoms with Gasteiger partial charge in [0.2, 0.25) is 5.91 Å². The average molecular weight is 299 g/mol. The highest BCUT2D eigenvalue weighted by atomic mass is 16.4. The van der Waals surface area contributed by atoms with Crippen LogP contribution in [0.2, 0.25) is 0 Å². The van der Waals surface area contributed by atoms with Gasteiger partial charge in [0.25, 0.3) is 0 Å². The van der Waals surface area contributed by atoms with E-state index in [0.717, 1.165) is 19.3 Å². The third kappa shape index (κ3) is 5.36. The molecule has 1 fully saturated rings. The molecular weight excluding hydrogens is 274 g/mol. The van der Waals surface area contributed by atoms with Gasteiger partial charge in [0, 0.05) is 19.5 Å². The summed E-state index contributed by atoms with van der Waals surface area (Å²) in [5.41, 5.74) is 0. The molecule has 0 spiro atoms. The summed E-state index contributed by atoms with van der Waals surface area (Å²) in [7, 11) is 0. The van der Waals surface area contributed by atoms with Crippen molar-refractivity contribution in [2.24, 2.45) is 11.8 Å². The Bertz CT molecular complexity index is 382. The topological polar surface area (TPSA) is 94.9 Å². The van der Waals surface area contributed by atoms with Crippen LogP contribution in [0, 0.1) is 11.8 Å². The fourth-order valence-electron chi connectivity index (χ4n) is 2.73. The van der Waals surface area contributed by atoms with Gasteiger partial charge < -0.3 is 15.1 Å². The van der Waals surface area contributed by atoms with Crippen LogP contribution in [0.15, 0.2) is 0 Å². The normalized spacial score (nSPS) is 22.3. The first-order valence-corrected chi connectivity index (χ1v) is 7.70. The molecule has 21 heavy (non-hydrogen) atoms. The maximum atomic E-state index is 11.9. The number of carboxylic acid groups (broad SMARTS) is 2. The van der Waals surface area contributed by atoms with Gasteiger partial charge in [-0.05, 0) is 6.42 Å². The summed E-state index contributed by atoms with van der Waals surface area (Å²) >= 11 is 0. The van der Waals surface area contributed by atoms with E-state index in [1.54, 1.807) is 0 Å². The number of hydrogen-bond acceptors (Lipinski definition) is 3. The lowest BCUT2D eigenvalue weighted by molar-refractivity contribution is -0.161. The number of carboxylic acids is 2. The van der Waals surface area contributed by atoms with Gasteiger partial charge in [-0.1, -0.05) is 39.0 Å². The molecule has 1 heterocycles. The standard InChI is InChI=1S/C15H25NO5/c1-2-3-4-5-6-7-8-16-10-12(15(20)21)11(14(18)19)9-13(16)17/h11-12H,2-10H2,1H3,(H,18,19)(H,20,21). The van der Waals surface area contributed by atoms with Crippen LogP contribution in [0.1, 0.15) is 51.9 Å². The molecule has 1 rings (SSSR count). The molecule has 0 bridgehead atoms. The van der Waals surface area contributed by atoms with Gasteiger partial charge in [-0.3, -0.25) is 14.4 Å². The molecule has 1 saturated heterocycles. The van der Waals surface area contributed by atoms with Crippen LogP contribution in [-0.2, 0) is 14.4 Å². The fraction of sp³-hybridized carbons (Fsp3) is 0.800. The zero-order valence-corrected chi connectivity index (χ0v) is 12.6. The van der Waals surface area contributed by atoms with Crippen molar-refractivity contribution in [1.82, 2.24) is 4.90 Å². The minimum Gasteiger partial charge on any atom is -0.481 e. The van der Waals surface area contributed by atoms with E-state index in [-0.39, 0.29) is 18.9 Å². The lowest BCUT2D eigenvalue weighted by Crippen LogP contribution is -2.49. The molecule has 0 aromatic carbocycles. The number of piperidine rings is 1. The molecule has 0 aromatic rings. The van der Waals surface area contributed by atoms with Crippen LogP contribution in [0.3, 0.4) is 0 Å². The van der Waals surface area contributed by atoms with E-state index < -0.39 is 23.8 Å². The summed E-state index contributed by atoms with van der Waals surface area (Å²) in [6.07, 6.45) is 6.36. The van der Waals surface area contributed by atoms with E-state index in [9.17, 15) is 14.4 Å². The molecule has 0 saturated carbocycles. The minimum absolute atomic E-state index is 0.0140. The number of carbonyl (C=O) groups excluding carboxylic acids is 1. The van der Waals surface area contributed by atoms with Gasteiger partial charge in [0.15, 0.2) is 0 Å². The molecule has 6 heteroatoms. The summed E-state index contributed by atoms with van der Waals surface area (Å²) in [4.78, 5) is 35.6. The van der Waals surface area contributed by atoms with Crippen molar-refractivity contribution < 1.29 is 24.6 Å². The molecule has 2 atom stereocenters. The van der Waals surface area contributed by atoms with Crippen LogP contribution in [0.5, 0.6) is 0 Å². The largest absolute Gasteiger partial charge is 0.481 e. The zero-order valence-electron chi connectivity index (χ0n) is 12.6. The molecule has 120 valence electrons. The number of nitrogens with zero attached hydrogens (tertiary/aromatic N) is 1. The minimum atomic E-state index is -1.20. The number of amides is 1. The molecule has 1 aliphatic rings. The van der Waals surface area contributed by atoms with Crippen molar-refractivity contribution in [3.63, 3.8) is 0 Å². The zero-order chi connectivity index (χ0) is 15.8. The number of rotatable bonds is 9. The Labute approximate surface area is 125 Å². The van der Waals surface area contributed by atoms with Crippen LogP contribution >= 0.6 is 0 Å². The Kier molecular flexibility index (Phi) is 7.19. The van der Waals surface area contributed by atoms with Gasteiger partial charge >= 0.3 is 11.9 Å². The number of aliphatic carboxylic acids is 2. The maximum Gasteiger partial charge on any atom is 0.309 e. The molecule has 1 amide bonds. The predicted molar refractivity (Wildman–Crippen MR) is 76.8 cm³/mol. The highest BCUT2D eigenvalue weighted by Gasteiger charge is 2.42. The molecule has 0 aliphatic carbocycles. The van der Waals surface area contributed by atoms with Crippen molar-refractivity contribution in [1.29, 1.82) is 0 Å². The summed E-state index contributed by atoms with van der Waals surface area (Å²) in [6, 6.07) is 0. The predicted octanol–water partition coefficient (Wildman–Crippen LogP) is 1.98. The first kappa shape index (κ1) is 17.5. The van der Waals surface area contributed by atoms with Crippen molar-refractivity contribution in [2.75, 3.05) is 13.1 Å². The van der Waals surface area contributed by atoms with Crippen molar-refractivity contribution in [3.05, 3.63) is 0 Å². The quantitative estimate of drug-likeness (QED) is 0.635. The van der Waals surface area contributed by atoms with Gasteiger partial charge in [-0.2, -0.15) is 0 Å². The van der Waals surface area contributed by atoms with E-state index in [1.807, 2.05) is 0 Å². The SMILES string of the molecule is CCCCCCCCN1CC(C(=O)O)C(C(=O)O)CC1=O. The van der Waals surface area contributed by atoms with Gasteiger partial charge in [0.1, 0.15) is 0 Å². The summed E-state index contributed by atoms with van der Waals surface area (Å²) in [5.74, 6) is -4.68. The van der Waals surface area contributed by atoms with E-state index in [0.29, 0.717) is 6.54 Å². The van der Waals surface area contributed by atoms with Gasteiger partial charge in [-0.15, -0.1) is 0 Å². The Morgan fingerprint density at radius 2 is 1.62 bits per heavy atom. The number of unbranched alkanes of at least 4 members (excludes halogenated alkanes) is 5. The molecular formula is C15H25NO5. The Hall–Kier alpha value is -1.59. The van der Waals surface area contributed by atoms with Crippen LogP contribution in [0.25, 0.3) is 0 Å². The number of hydrogen-bond donors (Lipinski definition) is 2. The smallest absolute Gasteiger partial charge is 0.309 e. The van der Waals surface area contributed by atoms with Crippen molar-refractivity contribution in [3.8, 4) is 0 Å². The Balaban J connectivity index is 2.43. The second-order valence-electron chi connectivity index (χ2n) is 5.70. The first-order valence-electron chi connectivity index (χ1n) is 7.70. The lowest BCUT2D eigenvalue weighted by Gasteiger charge is -2.34. The molecule has 0 radical (unpaired) electrons. The number of carbonyl (C=O) groups is 3. The second-order valence-corrected chi connectivity index (χ2v) is 5.70. The van der Waals surface area contributed by atoms with E-state index in [1.165, 1.54) is 24.2 Å². The lowest BCUT2D eigenvalue weighted by atomic mass is 9.85. The summed E-state index contributed by atoms with van der Waals surface area (Å²) in [5, 5.41) is 18.2. The Morgan fingerprint density at radius 3 is 2.19 bits per heavy atom. The van der Waals surface area contributed by atoms with Gasteiger partial charge in [0.05, 0.1) is 11.8 Å². The third-order valence-corrected chi connectivity index (χ3v) is 4.07. The highest BCUT2D eigenvalue weighted by molar-refractivity contribution is 5.88. The second kappa shape index (κ2) is 8.64. The molecule has 1 aliphatic heterocycles. The van der Waals surface area contributed by atoms with Gasteiger partial charge in [-0.25, -0.2) is 0 Å². The summed E-state index contributed by atoms with van der Waals surface area (Å²) in [6.45, 7) is 2.69. The average Bonchev–Trinajstić information content (AvgIpc) is 2.43. The third-order valence-electron chi connectivity index (χ3n) is 4.07. The first-order chi connectivity index (χ1) is 9.97. The molecule has 2 N–H and O–H groups in total. The van der Waals surface area contributed by atoms with Crippen molar-refractivity contribution in [2.45, 2.75) is 51.9 Å². The maximum absolute atomic E-state index is 11.9. The number of likely N-dealkylation sites (tertiary alicyclic amines) is 1. The fourth-order valence-corrected chi connectivity index (χ4v) is 2.73. The molecule has 2 unspecified atom stereocenters. The van der Waals surface area contributed by atoms with Crippen LogP contribution in [-0.4, -0.2) is 46.0 Å². The molecule has 6 nitrogen and oxygen atoms in total. The van der Waals surface area contributed by atoms with Crippen molar-refractivity contribution >= 4 is 17.8 Å². The van der Waals surface area contributed by atoms with E-state index in [2.05, 4.69) is 6.92 Å². The monoisotopic (exact) mass is 299 g/mol. The van der Waals surface area contributed by atoms with Crippen LogP contribution in [0.4, 0.5) is 0 Å². The molecule has 0 aromatic heterocycles. The summed E-state index contributed by atoms with van der Waals surface area (Å²) < 4.78 is 0. The Morgan fingerprint density at radius 1 is 1.05 bits per heavy atom. The highest BCUT2D eigenvalue weighted by Crippen LogP contribution is 2.25.